The Labute approximate surface area is 182 Å². The SMILES string of the molecule is C=C(C)C(=O)OC1=CC=C(C2=C(F)C=C(c3ccc(OC(=O)C(C)C)cc3)CC2)CC1. The van der Waals surface area contributed by atoms with Gasteiger partial charge in [-0.25, -0.2) is 9.18 Å². The van der Waals surface area contributed by atoms with Gasteiger partial charge in [0.1, 0.15) is 17.3 Å². The van der Waals surface area contributed by atoms with E-state index in [1.165, 1.54) is 0 Å². The van der Waals surface area contributed by atoms with Crippen LogP contribution in [0.15, 0.2) is 77.4 Å². The number of carbonyl (C=O) groups excluding carboxylic acids is 2. The van der Waals surface area contributed by atoms with Gasteiger partial charge in [0.05, 0.1) is 5.92 Å². The molecule has 4 nitrogen and oxygen atoms in total. The molecule has 0 saturated heterocycles. The lowest BCUT2D eigenvalue weighted by atomic mass is 9.86. The number of allylic oxidation sites excluding steroid dienone is 8. The number of carbonyl (C=O) groups is 2. The van der Waals surface area contributed by atoms with Crippen molar-refractivity contribution in [3.05, 3.63) is 82.9 Å². The molecule has 0 amide bonds. The van der Waals surface area contributed by atoms with Crippen LogP contribution in [0.1, 0.15) is 52.0 Å². The van der Waals surface area contributed by atoms with E-state index >= 15 is 0 Å². The van der Waals surface area contributed by atoms with Crippen LogP contribution < -0.4 is 4.74 Å². The number of esters is 2. The topological polar surface area (TPSA) is 52.6 Å². The Bertz CT molecular complexity index is 1020. The van der Waals surface area contributed by atoms with Crippen molar-refractivity contribution in [1.82, 2.24) is 0 Å². The molecule has 0 unspecified atom stereocenters. The molecule has 0 aliphatic heterocycles. The quantitative estimate of drug-likeness (QED) is 0.304. The molecular formula is C26H27FO4. The summed E-state index contributed by atoms with van der Waals surface area (Å²) in [7, 11) is 0. The highest BCUT2D eigenvalue weighted by atomic mass is 19.1. The molecular weight excluding hydrogens is 395 g/mol. The van der Waals surface area contributed by atoms with E-state index in [1.807, 2.05) is 18.2 Å². The maximum atomic E-state index is 14.9. The van der Waals surface area contributed by atoms with E-state index in [1.54, 1.807) is 45.1 Å². The molecule has 0 bridgehead atoms. The Balaban J connectivity index is 1.72. The fourth-order valence-electron chi connectivity index (χ4n) is 3.36. The molecule has 0 aromatic heterocycles. The fourth-order valence-corrected chi connectivity index (χ4v) is 3.36. The lowest BCUT2D eigenvalue weighted by molar-refractivity contribution is -0.138. The second kappa shape index (κ2) is 9.73. The monoisotopic (exact) mass is 422 g/mol. The minimum Gasteiger partial charge on any atom is -0.428 e. The Hall–Kier alpha value is -3.21. The lowest BCUT2D eigenvalue weighted by Gasteiger charge is -2.21. The third-order valence-electron chi connectivity index (χ3n) is 5.22. The van der Waals surface area contributed by atoms with Gasteiger partial charge in [0.25, 0.3) is 0 Å². The van der Waals surface area contributed by atoms with Gasteiger partial charge in [0.15, 0.2) is 0 Å². The van der Waals surface area contributed by atoms with E-state index < -0.39 is 5.97 Å². The van der Waals surface area contributed by atoms with Gasteiger partial charge in [-0.1, -0.05) is 38.6 Å². The molecule has 0 radical (unpaired) electrons. The van der Waals surface area contributed by atoms with Gasteiger partial charge in [0.2, 0.25) is 0 Å². The first-order valence-corrected chi connectivity index (χ1v) is 10.4. The Morgan fingerprint density at radius 2 is 1.65 bits per heavy atom. The van der Waals surface area contributed by atoms with Crippen LogP contribution in [0.4, 0.5) is 4.39 Å². The molecule has 0 fully saturated rings. The summed E-state index contributed by atoms with van der Waals surface area (Å²) < 4.78 is 25.4. The molecule has 0 N–H and O–H groups in total. The summed E-state index contributed by atoms with van der Waals surface area (Å²) in [6, 6.07) is 7.15. The van der Waals surface area contributed by atoms with E-state index in [0.717, 1.165) is 16.7 Å². The molecule has 31 heavy (non-hydrogen) atoms. The number of halogens is 1. The van der Waals surface area contributed by atoms with Gasteiger partial charge >= 0.3 is 11.9 Å². The summed E-state index contributed by atoms with van der Waals surface area (Å²) in [5, 5.41) is 0. The number of rotatable bonds is 6. The van der Waals surface area contributed by atoms with E-state index in [2.05, 4.69) is 6.58 Å². The maximum Gasteiger partial charge on any atom is 0.338 e. The number of ether oxygens (including phenoxy) is 2. The van der Waals surface area contributed by atoms with Crippen molar-refractivity contribution < 1.29 is 23.5 Å². The van der Waals surface area contributed by atoms with Crippen LogP contribution in [0.25, 0.3) is 5.57 Å². The van der Waals surface area contributed by atoms with Gasteiger partial charge in [-0.05, 0) is 72.8 Å². The first kappa shape index (κ1) is 22.5. The van der Waals surface area contributed by atoms with Crippen molar-refractivity contribution >= 4 is 17.5 Å². The Kier molecular flexibility index (Phi) is 7.06. The minimum atomic E-state index is -0.441. The van der Waals surface area contributed by atoms with Crippen LogP contribution in [0.3, 0.4) is 0 Å². The molecule has 3 rings (SSSR count). The average Bonchev–Trinajstić information content (AvgIpc) is 2.74. The van der Waals surface area contributed by atoms with Crippen LogP contribution >= 0.6 is 0 Å². The van der Waals surface area contributed by atoms with E-state index in [0.29, 0.717) is 48.3 Å². The normalized spacial score (nSPS) is 16.4. The summed E-state index contributed by atoms with van der Waals surface area (Å²) in [5.41, 5.74) is 3.79. The third kappa shape index (κ3) is 5.69. The predicted octanol–water partition coefficient (Wildman–Crippen LogP) is 6.37. The van der Waals surface area contributed by atoms with Crippen molar-refractivity contribution in [3.8, 4) is 5.75 Å². The number of benzene rings is 1. The van der Waals surface area contributed by atoms with Crippen LogP contribution in [-0.4, -0.2) is 11.9 Å². The molecule has 0 heterocycles. The highest BCUT2D eigenvalue weighted by Gasteiger charge is 2.21. The van der Waals surface area contributed by atoms with Gasteiger partial charge in [0, 0.05) is 12.0 Å². The van der Waals surface area contributed by atoms with Crippen molar-refractivity contribution in [2.75, 3.05) is 0 Å². The van der Waals surface area contributed by atoms with Crippen molar-refractivity contribution in [2.24, 2.45) is 5.92 Å². The third-order valence-corrected chi connectivity index (χ3v) is 5.22. The summed E-state index contributed by atoms with van der Waals surface area (Å²) in [5.74, 6) is -0.101. The highest BCUT2D eigenvalue weighted by molar-refractivity contribution is 5.87. The van der Waals surface area contributed by atoms with Gasteiger partial charge in [-0.2, -0.15) is 0 Å². The maximum absolute atomic E-state index is 14.9. The summed E-state index contributed by atoms with van der Waals surface area (Å²) in [4.78, 5) is 23.3. The zero-order valence-electron chi connectivity index (χ0n) is 18.2. The molecule has 1 aromatic carbocycles. The molecule has 0 saturated carbocycles. The summed E-state index contributed by atoms with van der Waals surface area (Å²) in [6.45, 7) is 8.74. The highest BCUT2D eigenvalue weighted by Crippen LogP contribution is 2.37. The zero-order valence-corrected chi connectivity index (χ0v) is 18.2. The number of hydrogen-bond donors (Lipinski definition) is 0. The summed E-state index contributed by atoms with van der Waals surface area (Å²) in [6.07, 6.45) is 7.63. The Morgan fingerprint density at radius 1 is 0.968 bits per heavy atom. The smallest absolute Gasteiger partial charge is 0.338 e. The summed E-state index contributed by atoms with van der Waals surface area (Å²) >= 11 is 0. The van der Waals surface area contributed by atoms with E-state index in [9.17, 15) is 14.0 Å². The minimum absolute atomic E-state index is 0.198. The van der Waals surface area contributed by atoms with E-state index in [-0.39, 0.29) is 17.7 Å². The molecule has 2 aliphatic carbocycles. The second-order valence-corrected chi connectivity index (χ2v) is 8.09. The zero-order chi connectivity index (χ0) is 22.5. The average molecular weight is 422 g/mol. The van der Waals surface area contributed by atoms with Crippen molar-refractivity contribution in [3.63, 3.8) is 0 Å². The second-order valence-electron chi connectivity index (χ2n) is 8.09. The fraction of sp³-hybridized carbons (Fsp3) is 0.308. The van der Waals surface area contributed by atoms with Gasteiger partial charge in [-0.15, -0.1) is 0 Å². The molecule has 1 aromatic rings. The van der Waals surface area contributed by atoms with Crippen LogP contribution in [0, 0.1) is 5.92 Å². The number of hydrogen-bond acceptors (Lipinski definition) is 4. The molecule has 5 heteroatoms. The first-order chi connectivity index (χ1) is 14.7. The first-order valence-electron chi connectivity index (χ1n) is 10.4. The van der Waals surface area contributed by atoms with E-state index in [4.69, 9.17) is 9.47 Å². The lowest BCUT2D eigenvalue weighted by Crippen LogP contribution is -2.14. The molecule has 162 valence electrons. The largest absolute Gasteiger partial charge is 0.428 e. The predicted molar refractivity (Wildman–Crippen MR) is 119 cm³/mol. The van der Waals surface area contributed by atoms with Gasteiger partial charge in [-0.3, -0.25) is 4.79 Å². The van der Waals surface area contributed by atoms with Crippen LogP contribution in [-0.2, 0) is 14.3 Å². The van der Waals surface area contributed by atoms with Gasteiger partial charge < -0.3 is 9.47 Å². The molecule has 2 aliphatic rings. The Morgan fingerprint density at radius 3 is 2.19 bits per heavy atom. The van der Waals surface area contributed by atoms with Crippen LogP contribution in [0.2, 0.25) is 0 Å². The molecule has 0 spiro atoms. The standard InChI is InChI=1S/C26H27FO4/c1-16(2)25(28)30-21-10-5-18(6-11-21)20-9-14-23(24(27)15-20)19-7-12-22(13-8-19)31-26(29)17(3)4/h5-7,10-12,15-16H,3,8-9,13-14H2,1-2,4H3. The van der Waals surface area contributed by atoms with Crippen LogP contribution in [0.5, 0.6) is 5.75 Å². The molecule has 0 atom stereocenters. The van der Waals surface area contributed by atoms with Crippen molar-refractivity contribution in [2.45, 2.75) is 46.5 Å². The van der Waals surface area contributed by atoms with Crippen molar-refractivity contribution in [1.29, 1.82) is 0 Å².